The Hall–Kier alpha value is -2.29. The molecule has 25 heavy (non-hydrogen) atoms. The Labute approximate surface area is 142 Å². The zero-order valence-corrected chi connectivity index (χ0v) is 13.1. The topological polar surface area (TPSA) is 39.2 Å². The molecule has 0 saturated heterocycles. The number of esters is 1. The molecule has 0 N–H and O–H groups in total. The van der Waals surface area contributed by atoms with Crippen molar-refractivity contribution in [2.45, 2.75) is 12.4 Å². The van der Waals surface area contributed by atoms with Gasteiger partial charge in [0.25, 0.3) is 0 Å². The number of benzene rings is 1. The van der Waals surface area contributed by atoms with Crippen LogP contribution >= 0.6 is 11.6 Å². The monoisotopic (exact) mass is 383 g/mol. The van der Waals surface area contributed by atoms with Crippen LogP contribution in [0.5, 0.6) is 0 Å². The number of nitrogens with zero attached hydrogens (tertiary/aromatic N) is 1. The van der Waals surface area contributed by atoms with Crippen LogP contribution in [0.4, 0.5) is 26.3 Å². The second-order valence-corrected chi connectivity index (χ2v) is 5.14. The average Bonchev–Trinajstić information content (AvgIpc) is 2.52. The Balaban J connectivity index is 2.60. The summed E-state index contributed by atoms with van der Waals surface area (Å²) in [5, 5.41) is -0.767. The van der Waals surface area contributed by atoms with Gasteiger partial charge in [0.1, 0.15) is 10.7 Å². The number of halogens is 7. The Morgan fingerprint density at radius 3 is 2.04 bits per heavy atom. The van der Waals surface area contributed by atoms with Crippen molar-refractivity contribution in [3.8, 4) is 11.3 Å². The van der Waals surface area contributed by atoms with Gasteiger partial charge in [-0.1, -0.05) is 23.7 Å². The number of carbonyl (C=O) groups is 1. The highest BCUT2D eigenvalue weighted by molar-refractivity contribution is 6.32. The van der Waals surface area contributed by atoms with Gasteiger partial charge >= 0.3 is 18.3 Å². The smallest absolute Gasteiger partial charge is 0.417 e. The fraction of sp³-hybridized carbons (Fsp3) is 0.200. The van der Waals surface area contributed by atoms with Crippen molar-refractivity contribution in [1.82, 2.24) is 4.98 Å². The highest BCUT2D eigenvalue weighted by Gasteiger charge is 2.38. The predicted octanol–water partition coefficient (Wildman–Crippen LogP) is 5.23. The lowest BCUT2D eigenvalue weighted by Crippen LogP contribution is -2.16. The maximum absolute atomic E-state index is 13.2. The van der Waals surface area contributed by atoms with E-state index in [1.807, 2.05) is 0 Å². The first-order chi connectivity index (χ1) is 11.4. The molecular weight excluding hydrogens is 376 g/mol. The predicted molar refractivity (Wildman–Crippen MR) is 76.0 cm³/mol. The van der Waals surface area contributed by atoms with Gasteiger partial charge in [0.15, 0.2) is 0 Å². The summed E-state index contributed by atoms with van der Waals surface area (Å²) in [6.45, 7) is 0. The van der Waals surface area contributed by atoms with E-state index in [1.165, 1.54) is 0 Å². The normalized spacial score (nSPS) is 12.2. The Morgan fingerprint density at radius 1 is 1.04 bits per heavy atom. The first-order valence-electron chi connectivity index (χ1n) is 6.49. The van der Waals surface area contributed by atoms with Crippen LogP contribution in [-0.4, -0.2) is 18.1 Å². The number of alkyl halides is 6. The molecule has 0 aliphatic rings. The zero-order valence-electron chi connectivity index (χ0n) is 12.3. The van der Waals surface area contributed by atoms with E-state index in [0.717, 1.165) is 19.2 Å². The molecule has 0 aliphatic carbocycles. The largest absolute Gasteiger partial charge is 0.465 e. The van der Waals surface area contributed by atoms with Crippen molar-refractivity contribution in [2.24, 2.45) is 0 Å². The number of hydrogen-bond acceptors (Lipinski definition) is 3. The van der Waals surface area contributed by atoms with Gasteiger partial charge in [-0.15, -0.1) is 0 Å². The quantitative estimate of drug-likeness (QED) is 0.405. The molecule has 0 amide bonds. The van der Waals surface area contributed by atoms with Crippen LogP contribution in [-0.2, 0) is 17.1 Å². The summed E-state index contributed by atoms with van der Waals surface area (Å²) in [6, 6.07) is 3.85. The molecule has 0 saturated carbocycles. The van der Waals surface area contributed by atoms with Crippen LogP contribution in [0, 0.1) is 0 Å². The Kier molecular flexibility index (Phi) is 4.99. The van der Waals surface area contributed by atoms with E-state index in [-0.39, 0.29) is 11.3 Å². The number of pyridine rings is 1. The third-order valence-corrected chi connectivity index (χ3v) is 3.45. The van der Waals surface area contributed by atoms with Crippen molar-refractivity contribution in [3.05, 3.63) is 52.2 Å². The Bertz CT molecular complexity index is 799. The molecule has 1 aromatic heterocycles. The number of carbonyl (C=O) groups excluding carboxylic acids is 1. The summed E-state index contributed by atoms with van der Waals surface area (Å²) >= 11 is 5.68. The van der Waals surface area contributed by atoms with Gasteiger partial charge in [-0.05, 0) is 18.2 Å². The van der Waals surface area contributed by atoms with Gasteiger partial charge in [0.2, 0.25) is 0 Å². The first kappa shape index (κ1) is 19.0. The lowest BCUT2D eigenvalue weighted by molar-refractivity contribution is -0.138. The summed E-state index contributed by atoms with van der Waals surface area (Å²) in [6.07, 6.45) is -9.54. The van der Waals surface area contributed by atoms with Crippen molar-refractivity contribution < 1.29 is 35.9 Å². The summed E-state index contributed by atoms with van der Waals surface area (Å²) in [5.41, 5.74) is -3.69. The van der Waals surface area contributed by atoms with Crippen LogP contribution < -0.4 is 0 Å². The highest BCUT2D eigenvalue weighted by atomic mass is 35.5. The fourth-order valence-corrected chi connectivity index (χ4v) is 2.28. The van der Waals surface area contributed by atoms with Crippen LogP contribution in [0.1, 0.15) is 21.5 Å². The van der Waals surface area contributed by atoms with E-state index in [0.29, 0.717) is 18.2 Å². The maximum Gasteiger partial charge on any atom is 0.417 e. The van der Waals surface area contributed by atoms with Gasteiger partial charge in [0.05, 0.1) is 23.9 Å². The van der Waals surface area contributed by atoms with Crippen molar-refractivity contribution >= 4 is 17.6 Å². The van der Waals surface area contributed by atoms with Gasteiger partial charge in [-0.3, -0.25) is 0 Å². The van der Waals surface area contributed by atoms with E-state index < -0.39 is 40.2 Å². The molecule has 0 bridgehead atoms. The zero-order chi connectivity index (χ0) is 19.0. The van der Waals surface area contributed by atoms with Gasteiger partial charge in [-0.2, -0.15) is 26.3 Å². The van der Waals surface area contributed by atoms with Crippen molar-refractivity contribution in [3.63, 3.8) is 0 Å². The number of ether oxygens (including phenoxy) is 1. The van der Waals surface area contributed by atoms with Crippen LogP contribution in [0.3, 0.4) is 0 Å². The number of rotatable bonds is 2. The summed E-state index contributed by atoms with van der Waals surface area (Å²) in [5.74, 6) is -1.33. The molecule has 3 nitrogen and oxygen atoms in total. The standard InChI is InChI=1S/C15H8ClF6NO2/c1-25-13(24)11-9(15(20,21)22)6-10(23-12(11)16)7-2-4-8(5-3-7)14(17,18)19/h2-6H,1H3. The molecular formula is C15H8ClF6NO2. The third kappa shape index (κ3) is 4.04. The molecule has 0 atom stereocenters. The van der Waals surface area contributed by atoms with Crippen molar-refractivity contribution in [2.75, 3.05) is 7.11 Å². The van der Waals surface area contributed by atoms with E-state index in [1.54, 1.807) is 0 Å². The van der Waals surface area contributed by atoms with Crippen LogP contribution in [0.15, 0.2) is 30.3 Å². The minimum absolute atomic E-state index is 0.0307. The summed E-state index contributed by atoms with van der Waals surface area (Å²) in [4.78, 5) is 15.2. The number of aromatic nitrogens is 1. The minimum atomic E-state index is -4.95. The molecule has 1 heterocycles. The van der Waals surface area contributed by atoms with Crippen molar-refractivity contribution in [1.29, 1.82) is 0 Å². The molecule has 2 aromatic rings. The molecule has 134 valence electrons. The lowest BCUT2D eigenvalue weighted by Gasteiger charge is -2.14. The van der Waals surface area contributed by atoms with E-state index in [4.69, 9.17) is 11.6 Å². The molecule has 10 heteroatoms. The molecule has 2 rings (SSSR count). The molecule has 0 radical (unpaired) electrons. The number of methoxy groups -OCH3 is 1. The van der Waals surface area contributed by atoms with Crippen LogP contribution in [0.25, 0.3) is 11.3 Å². The second kappa shape index (κ2) is 6.55. The summed E-state index contributed by atoms with van der Waals surface area (Å²) < 4.78 is 81.5. The van der Waals surface area contributed by atoms with E-state index in [9.17, 15) is 31.1 Å². The molecule has 0 aliphatic heterocycles. The minimum Gasteiger partial charge on any atom is -0.465 e. The second-order valence-electron chi connectivity index (χ2n) is 4.79. The molecule has 0 spiro atoms. The number of hydrogen-bond donors (Lipinski definition) is 0. The van der Waals surface area contributed by atoms with E-state index >= 15 is 0 Å². The maximum atomic E-state index is 13.2. The van der Waals surface area contributed by atoms with Crippen LogP contribution in [0.2, 0.25) is 5.15 Å². The SMILES string of the molecule is COC(=O)c1c(C(F)(F)F)cc(-c2ccc(C(F)(F)F)cc2)nc1Cl. The lowest BCUT2D eigenvalue weighted by atomic mass is 10.0. The molecule has 0 fully saturated rings. The average molecular weight is 384 g/mol. The summed E-state index contributed by atoms with van der Waals surface area (Å²) in [7, 11) is 0.878. The first-order valence-corrected chi connectivity index (χ1v) is 6.86. The molecule has 1 aromatic carbocycles. The van der Waals surface area contributed by atoms with Gasteiger partial charge in [-0.25, -0.2) is 9.78 Å². The van der Waals surface area contributed by atoms with E-state index in [2.05, 4.69) is 9.72 Å². The molecule has 0 unspecified atom stereocenters. The Morgan fingerprint density at radius 2 is 1.60 bits per heavy atom. The highest BCUT2D eigenvalue weighted by Crippen LogP contribution is 2.38. The fourth-order valence-electron chi connectivity index (χ4n) is 2.01. The van der Waals surface area contributed by atoms with Gasteiger partial charge in [0, 0.05) is 5.56 Å². The van der Waals surface area contributed by atoms with Gasteiger partial charge < -0.3 is 4.74 Å². The third-order valence-electron chi connectivity index (χ3n) is 3.18.